The van der Waals surface area contributed by atoms with E-state index in [1.165, 1.54) is 0 Å². The molecule has 1 fully saturated rings. The predicted octanol–water partition coefficient (Wildman–Crippen LogP) is 1.58. The van der Waals surface area contributed by atoms with Crippen LogP contribution in [-0.4, -0.2) is 54.7 Å². The number of aliphatic imine (C=N–C) groups is 1. The van der Waals surface area contributed by atoms with E-state index in [0.29, 0.717) is 24.2 Å². The van der Waals surface area contributed by atoms with Crippen LogP contribution in [0.15, 0.2) is 4.99 Å². The Kier molecular flexibility index (Phi) is 9.76. The lowest BCUT2D eigenvalue weighted by molar-refractivity contribution is -0.119. The van der Waals surface area contributed by atoms with Crippen molar-refractivity contribution in [2.24, 2.45) is 28.5 Å². The van der Waals surface area contributed by atoms with Crippen molar-refractivity contribution in [1.29, 1.82) is 0 Å². The SMILES string of the molecule is CCNC(=NCC(CCO)CC(C)C)N1CCCC(CC(N)=O)C1. The van der Waals surface area contributed by atoms with Gasteiger partial charge in [-0.1, -0.05) is 13.8 Å². The second-order valence-electron chi connectivity index (χ2n) is 7.33. The van der Waals surface area contributed by atoms with Crippen molar-refractivity contribution in [3.8, 4) is 0 Å². The number of amides is 1. The van der Waals surface area contributed by atoms with Crippen LogP contribution >= 0.6 is 0 Å². The summed E-state index contributed by atoms with van der Waals surface area (Å²) in [6.07, 6.45) is 4.45. The first kappa shape index (κ1) is 20.7. The van der Waals surface area contributed by atoms with Gasteiger partial charge in [0.25, 0.3) is 0 Å². The van der Waals surface area contributed by atoms with Crippen molar-refractivity contribution in [2.75, 3.05) is 32.8 Å². The third-order valence-corrected chi connectivity index (χ3v) is 4.48. The normalized spacial score (nSPS) is 20.3. The molecule has 1 aliphatic rings. The molecule has 24 heavy (non-hydrogen) atoms. The number of piperidine rings is 1. The molecule has 1 saturated heterocycles. The van der Waals surface area contributed by atoms with Crippen molar-refractivity contribution >= 4 is 11.9 Å². The summed E-state index contributed by atoms with van der Waals surface area (Å²) in [5, 5.41) is 12.6. The number of likely N-dealkylation sites (tertiary alicyclic amines) is 1. The number of aliphatic hydroxyl groups excluding tert-OH is 1. The molecular weight excluding hydrogens is 304 g/mol. The van der Waals surface area contributed by atoms with Crippen LogP contribution < -0.4 is 11.1 Å². The van der Waals surface area contributed by atoms with Crippen molar-refractivity contribution in [2.45, 2.75) is 52.9 Å². The van der Waals surface area contributed by atoms with Crippen LogP contribution in [0.4, 0.5) is 0 Å². The van der Waals surface area contributed by atoms with Gasteiger partial charge in [-0.25, -0.2) is 0 Å². The van der Waals surface area contributed by atoms with E-state index in [4.69, 9.17) is 10.7 Å². The van der Waals surface area contributed by atoms with Gasteiger partial charge in [0.05, 0.1) is 0 Å². The lowest BCUT2D eigenvalue weighted by Gasteiger charge is -2.35. The summed E-state index contributed by atoms with van der Waals surface area (Å²) in [6, 6.07) is 0. The Labute approximate surface area is 146 Å². The summed E-state index contributed by atoms with van der Waals surface area (Å²) in [5.41, 5.74) is 5.35. The highest BCUT2D eigenvalue weighted by molar-refractivity contribution is 5.80. The predicted molar refractivity (Wildman–Crippen MR) is 98.7 cm³/mol. The Bertz CT molecular complexity index is 398. The number of hydrogen-bond donors (Lipinski definition) is 3. The molecule has 2 atom stereocenters. The highest BCUT2D eigenvalue weighted by atomic mass is 16.3. The number of nitrogens with zero attached hydrogens (tertiary/aromatic N) is 2. The Hall–Kier alpha value is -1.30. The minimum Gasteiger partial charge on any atom is -0.396 e. The molecule has 0 aliphatic carbocycles. The first-order valence-electron chi connectivity index (χ1n) is 9.38. The zero-order chi connectivity index (χ0) is 17.9. The number of carbonyl (C=O) groups excluding carboxylic acids is 1. The molecule has 0 aromatic heterocycles. The highest BCUT2D eigenvalue weighted by Gasteiger charge is 2.23. The topological polar surface area (TPSA) is 91.0 Å². The lowest BCUT2D eigenvalue weighted by atomic mass is 9.94. The smallest absolute Gasteiger partial charge is 0.217 e. The fourth-order valence-electron chi connectivity index (χ4n) is 3.48. The van der Waals surface area contributed by atoms with Crippen LogP contribution in [-0.2, 0) is 4.79 Å². The largest absolute Gasteiger partial charge is 0.396 e. The Morgan fingerprint density at radius 2 is 2.21 bits per heavy atom. The molecule has 0 radical (unpaired) electrons. The molecule has 0 spiro atoms. The van der Waals surface area contributed by atoms with Crippen LogP contribution in [0, 0.1) is 17.8 Å². The number of hydrogen-bond acceptors (Lipinski definition) is 3. The van der Waals surface area contributed by atoms with E-state index in [-0.39, 0.29) is 12.5 Å². The zero-order valence-corrected chi connectivity index (χ0v) is 15.6. The van der Waals surface area contributed by atoms with E-state index in [2.05, 4.69) is 31.0 Å². The van der Waals surface area contributed by atoms with Gasteiger partial charge < -0.3 is 21.1 Å². The van der Waals surface area contributed by atoms with E-state index in [0.717, 1.165) is 57.8 Å². The standard InChI is InChI=1S/C18H36N4O2/c1-4-20-18(21-12-15(7-9-23)10-14(2)3)22-8-5-6-16(13-22)11-17(19)24/h14-16,23H,4-13H2,1-3H3,(H2,19,24)(H,20,21). The second-order valence-corrected chi connectivity index (χ2v) is 7.33. The molecule has 0 saturated carbocycles. The zero-order valence-electron chi connectivity index (χ0n) is 15.6. The summed E-state index contributed by atoms with van der Waals surface area (Å²) in [4.78, 5) is 18.3. The maximum Gasteiger partial charge on any atom is 0.217 e. The first-order chi connectivity index (χ1) is 11.5. The number of nitrogens with one attached hydrogen (secondary N) is 1. The summed E-state index contributed by atoms with van der Waals surface area (Å²) in [7, 11) is 0. The van der Waals surface area contributed by atoms with Crippen molar-refractivity contribution in [3.63, 3.8) is 0 Å². The van der Waals surface area contributed by atoms with Crippen molar-refractivity contribution in [3.05, 3.63) is 0 Å². The van der Waals surface area contributed by atoms with Gasteiger partial charge in [-0.3, -0.25) is 9.79 Å². The van der Waals surface area contributed by atoms with Gasteiger partial charge in [0.1, 0.15) is 0 Å². The molecule has 1 amide bonds. The monoisotopic (exact) mass is 340 g/mol. The molecule has 6 heteroatoms. The van der Waals surface area contributed by atoms with Crippen LogP contribution in [0.3, 0.4) is 0 Å². The van der Waals surface area contributed by atoms with E-state index in [1.807, 2.05) is 0 Å². The molecule has 1 heterocycles. The van der Waals surface area contributed by atoms with Crippen LogP contribution in [0.2, 0.25) is 0 Å². The van der Waals surface area contributed by atoms with Crippen LogP contribution in [0.1, 0.15) is 52.9 Å². The molecule has 0 aromatic carbocycles. The highest BCUT2D eigenvalue weighted by Crippen LogP contribution is 2.20. The number of rotatable bonds is 9. The quantitative estimate of drug-likeness (QED) is 0.439. The lowest BCUT2D eigenvalue weighted by Crippen LogP contribution is -2.47. The summed E-state index contributed by atoms with van der Waals surface area (Å²) >= 11 is 0. The van der Waals surface area contributed by atoms with Gasteiger partial charge in [-0.15, -0.1) is 0 Å². The van der Waals surface area contributed by atoms with E-state index >= 15 is 0 Å². The van der Waals surface area contributed by atoms with E-state index < -0.39 is 0 Å². The Morgan fingerprint density at radius 1 is 1.46 bits per heavy atom. The summed E-state index contributed by atoms with van der Waals surface area (Å²) < 4.78 is 0. The van der Waals surface area contributed by atoms with Crippen LogP contribution in [0.5, 0.6) is 0 Å². The first-order valence-corrected chi connectivity index (χ1v) is 9.38. The third-order valence-electron chi connectivity index (χ3n) is 4.48. The average Bonchev–Trinajstić information content (AvgIpc) is 2.50. The Morgan fingerprint density at radius 3 is 2.79 bits per heavy atom. The van der Waals surface area contributed by atoms with Crippen molar-refractivity contribution < 1.29 is 9.90 Å². The van der Waals surface area contributed by atoms with Gasteiger partial charge in [0.15, 0.2) is 5.96 Å². The number of guanidine groups is 1. The number of nitrogens with two attached hydrogens (primary N) is 1. The average molecular weight is 341 g/mol. The van der Waals surface area contributed by atoms with E-state index in [1.54, 1.807) is 0 Å². The minimum atomic E-state index is -0.219. The maximum absolute atomic E-state index is 11.2. The molecule has 1 aliphatic heterocycles. The number of aliphatic hydroxyl groups is 1. The van der Waals surface area contributed by atoms with Crippen LogP contribution in [0.25, 0.3) is 0 Å². The van der Waals surface area contributed by atoms with Crippen molar-refractivity contribution in [1.82, 2.24) is 10.2 Å². The molecule has 0 bridgehead atoms. The molecule has 140 valence electrons. The van der Waals surface area contributed by atoms with Gasteiger partial charge in [0.2, 0.25) is 5.91 Å². The number of primary amides is 1. The summed E-state index contributed by atoms with van der Waals surface area (Å²) in [6.45, 7) is 10.1. The number of carbonyl (C=O) groups is 1. The Balaban J connectivity index is 2.70. The van der Waals surface area contributed by atoms with Gasteiger partial charge >= 0.3 is 0 Å². The van der Waals surface area contributed by atoms with Gasteiger partial charge in [0, 0.05) is 39.2 Å². The maximum atomic E-state index is 11.2. The molecule has 6 nitrogen and oxygen atoms in total. The molecular formula is C18H36N4O2. The fraction of sp³-hybridized carbons (Fsp3) is 0.889. The third kappa shape index (κ3) is 7.99. The minimum absolute atomic E-state index is 0.216. The summed E-state index contributed by atoms with van der Waals surface area (Å²) in [5.74, 6) is 2.05. The fourth-order valence-corrected chi connectivity index (χ4v) is 3.48. The molecule has 0 aromatic rings. The van der Waals surface area contributed by atoms with E-state index in [9.17, 15) is 9.90 Å². The molecule has 4 N–H and O–H groups in total. The molecule has 2 unspecified atom stereocenters. The van der Waals surface area contributed by atoms with Gasteiger partial charge in [-0.2, -0.15) is 0 Å². The second kappa shape index (κ2) is 11.3. The van der Waals surface area contributed by atoms with Gasteiger partial charge in [-0.05, 0) is 50.4 Å². The molecule has 1 rings (SSSR count).